The first kappa shape index (κ1) is 6.27. The second-order valence-electron chi connectivity index (χ2n) is 2.46. The lowest BCUT2D eigenvalue weighted by Crippen LogP contribution is -2.12. The molecule has 0 unspecified atom stereocenters. The maximum Gasteiger partial charge on any atom is 0.255 e. The zero-order chi connectivity index (χ0) is 7.84. The first-order valence-electron chi connectivity index (χ1n) is 3.38. The van der Waals surface area contributed by atoms with Crippen LogP contribution < -0.4 is 5.32 Å². The summed E-state index contributed by atoms with van der Waals surface area (Å²) < 4.78 is 0. The second kappa shape index (κ2) is 2.02. The quantitative estimate of drug-likeness (QED) is 0.566. The van der Waals surface area contributed by atoms with Crippen LogP contribution in [0.4, 0.5) is 0 Å². The Morgan fingerprint density at radius 3 is 3.27 bits per heavy atom. The highest BCUT2D eigenvalue weighted by molar-refractivity contribution is 5.97. The van der Waals surface area contributed by atoms with Gasteiger partial charge in [0.05, 0.1) is 17.8 Å². The summed E-state index contributed by atoms with van der Waals surface area (Å²) in [5, 5.41) is 2.67. The molecule has 0 aliphatic carbocycles. The van der Waals surface area contributed by atoms with E-state index < -0.39 is 0 Å². The molecule has 0 bridgehead atoms. The van der Waals surface area contributed by atoms with Crippen molar-refractivity contribution in [3.05, 3.63) is 23.3 Å². The van der Waals surface area contributed by atoms with Crippen LogP contribution in [0.25, 0.3) is 0 Å². The summed E-state index contributed by atoms with van der Waals surface area (Å²) in [7, 11) is 0. The molecule has 11 heavy (non-hydrogen) atoms. The van der Waals surface area contributed by atoms with Gasteiger partial charge in [0.1, 0.15) is 5.82 Å². The number of rotatable bonds is 0. The molecule has 2 rings (SSSR count). The molecule has 0 saturated carbocycles. The van der Waals surface area contributed by atoms with Gasteiger partial charge in [0.2, 0.25) is 0 Å². The summed E-state index contributed by atoms with van der Waals surface area (Å²) in [5.74, 6) is 0.639. The number of carbonyl (C=O) groups is 1. The summed E-state index contributed by atoms with van der Waals surface area (Å²) in [6, 6.07) is 0. The summed E-state index contributed by atoms with van der Waals surface area (Å²) in [5.41, 5.74) is 1.41. The number of aromatic nitrogens is 2. The molecule has 2 heterocycles. The average Bonchev–Trinajstić information content (AvgIpc) is 2.32. The Labute approximate surface area is 63.7 Å². The number of fused-ring (bicyclic) bond motifs is 1. The Balaban J connectivity index is 2.59. The fourth-order valence-electron chi connectivity index (χ4n) is 1.10. The van der Waals surface area contributed by atoms with Crippen LogP contribution in [0.5, 0.6) is 0 Å². The molecule has 4 heteroatoms. The maximum atomic E-state index is 11.0. The Morgan fingerprint density at radius 1 is 1.64 bits per heavy atom. The van der Waals surface area contributed by atoms with Crippen LogP contribution >= 0.6 is 0 Å². The van der Waals surface area contributed by atoms with Gasteiger partial charge in [-0.05, 0) is 6.92 Å². The van der Waals surface area contributed by atoms with Crippen LogP contribution in [0.15, 0.2) is 6.20 Å². The molecule has 0 spiro atoms. The smallest absolute Gasteiger partial charge is 0.255 e. The number of carbonyl (C=O) groups excluding carboxylic acids is 1. The number of hydrogen-bond acceptors (Lipinski definition) is 3. The van der Waals surface area contributed by atoms with Crippen molar-refractivity contribution >= 4 is 5.91 Å². The number of nitrogens with zero attached hydrogens (tertiary/aromatic N) is 2. The minimum atomic E-state index is -0.0694. The molecular formula is C7H7N3O. The SMILES string of the molecule is Cc1ncc2c(n1)CNC2=O. The predicted molar refractivity (Wildman–Crippen MR) is 37.9 cm³/mol. The van der Waals surface area contributed by atoms with Crippen LogP contribution in [-0.2, 0) is 6.54 Å². The normalized spacial score (nSPS) is 14.5. The van der Waals surface area contributed by atoms with E-state index in [-0.39, 0.29) is 5.91 Å². The van der Waals surface area contributed by atoms with E-state index in [1.807, 2.05) is 6.92 Å². The van der Waals surface area contributed by atoms with Crippen LogP contribution in [0.1, 0.15) is 21.9 Å². The van der Waals surface area contributed by atoms with Crippen LogP contribution in [0.3, 0.4) is 0 Å². The van der Waals surface area contributed by atoms with Crippen LogP contribution in [-0.4, -0.2) is 15.9 Å². The minimum Gasteiger partial charge on any atom is -0.346 e. The molecule has 56 valence electrons. The van der Waals surface area contributed by atoms with Gasteiger partial charge in [-0.1, -0.05) is 0 Å². The molecule has 0 fully saturated rings. The van der Waals surface area contributed by atoms with E-state index in [1.54, 1.807) is 6.20 Å². The number of amides is 1. The van der Waals surface area contributed by atoms with Gasteiger partial charge in [-0.25, -0.2) is 9.97 Å². The molecule has 1 aromatic rings. The van der Waals surface area contributed by atoms with Crippen molar-refractivity contribution in [3.8, 4) is 0 Å². The van der Waals surface area contributed by atoms with Crippen molar-refractivity contribution in [2.75, 3.05) is 0 Å². The van der Waals surface area contributed by atoms with Gasteiger partial charge in [-0.15, -0.1) is 0 Å². The highest BCUT2D eigenvalue weighted by atomic mass is 16.1. The Bertz CT molecular complexity index is 321. The van der Waals surface area contributed by atoms with E-state index in [9.17, 15) is 4.79 Å². The van der Waals surface area contributed by atoms with Gasteiger partial charge >= 0.3 is 0 Å². The lowest BCUT2D eigenvalue weighted by Gasteiger charge is -1.93. The molecule has 0 atom stereocenters. The highest BCUT2D eigenvalue weighted by Crippen LogP contribution is 2.10. The third kappa shape index (κ3) is 0.869. The molecule has 1 aliphatic heterocycles. The number of aryl methyl sites for hydroxylation is 1. The molecule has 1 N–H and O–H groups in total. The standard InChI is InChI=1S/C7H7N3O/c1-4-8-2-5-6(10-4)3-9-7(5)11/h2H,3H2,1H3,(H,9,11). The Morgan fingerprint density at radius 2 is 2.45 bits per heavy atom. The van der Waals surface area contributed by atoms with Crippen molar-refractivity contribution in [1.29, 1.82) is 0 Å². The zero-order valence-electron chi connectivity index (χ0n) is 6.09. The van der Waals surface area contributed by atoms with E-state index in [0.717, 1.165) is 5.69 Å². The number of nitrogens with one attached hydrogen (secondary N) is 1. The fourth-order valence-corrected chi connectivity index (χ4v) is 1.10. The molecular weight excluding hydrogens is 142 g/mol. The lowest BCUT2D eigenvalue weighted by atomic mass is 10.3. The first-order valence-corrected chi connectivity index (χ1v) is 3.38. The first-order chi connectivity index (χ1) is 5.27. The van der Waals surface area contributed by atoms with Gasteiger partial charge in [0.25, 0.3) is 5.91 Å². The van der Waals surface area contributed by atoms with E-state index in [2.05, 4.69) is 15.3 Å². The van der Waals surface area contributed by atoms with Crippen LogP contribution in [0.2, 0.25) is 0 Å². The van der Waals surface area contributed by atoms with Gasteiger partial charge in [0, 0.05) is 6.20 Å². The topological polar surface area (TPSA) is 54.9 Å². The van der Waals surface area contributed by atoms with Gasteiger partial charge in [0.15, 0.2) is 0 Å². The fraction of sp³-hybridized carbons (Fsp3) is 0.286. The maximum absolute atomic E-state index is 11.0. The highest BCUT2D eigenvalue weighted by Gasteiger charge is 2.19. The van der Waals surface area contributed by atoms with Crippen molar-refractivity contribution in [1.82, 2.24) is 15.3 Å². The monoisotopic (exact) mass is 149 g/mol. The van der Waals surface area contributed by atoms with Crippen molar-refractivity contribution in [2.24, 2.45) is 0 Å². The van der Waals surface area contributed by atoms with Crippen molar-refractivity contribution < 1.29 is 4.79 Å². The zero-order valence-corrected chi connectivity index (χ0v) is 6.09. The average molecular weight is 149 g/mol. The van der Waals surface area contributed by atoms with E-state index in [1.165, 1.54) is 0 Å². The molecule has 4 nitrogen and oxygen atoms in total. The van der Waals surface area contributed by atoms with Crippen LogP contribution in [0, 0.1) is 6.92 Å². The summed E-state index contributed by atoms with van der Waals surface area (Å²) in [6.45, 7) is 2.35. The van der Waals surface area contributed by atoms with Gasteiger partial charge in [-0.2, -0.15) is 0 Å². The largest absolute Gasteiger partial charge is 0.346 e. The van der Waals surface area contributed by atoms with Gasteiger partial charge < -0.3 is 5.32 Å². The third-order valence-corrected chi connectivity index (χ3v) is 1.65. The molecule has 1 aromatic heterocycles. The second-order valence-corrected chi connectivity index (χ2v) is 2.46. The summed E-state index contributed by atoms with van der Waals surface area (Å²) in [6.07, 6.45) is 1.57. The molecule has 1 amide bonds. The molecule has 0 saturated heterocycles. The summed E-state index contributed by atoms with van der Waals surface area (Å²) >= 11 is 0. The van der Waals surface area contributed by atoms with Gasteiger partial charge in [-0.3, -0.25) is 4.79 Å². The Kier molecular flexibility index (Phi) is 1.15. The summed E-state index contributed by atoms with van der Waals surface area (Å²) in [4.78, 5) is 19.0. The molecule has 1 aliphatic rings. The Hall–Kier alpha value is -1.45. The van der Waals surface area contributed by atoms with Crippen molar-refractivity contribution in [2.45, 2.75) is 13.5 Å². The van der Waals surface area contributed by atoms with E-state index in [4.69, 9.17) is 0 Å². The predicted octanol–water partition coefficient (Wildman–Crippen LogP) is 0.0284. The minimum absolute atomic E-state index is 0.0694. The lowest BCUT2D eigenvalue weighted by molar-refractivity contribution is 0.0965. The number of hydrogen-bond donors (Lipinski definition) is 1. The molecule has 0 aromatic carbocycles. The van der Waals surface area contributed by atoms with E-state index in [0.29, 0.717) is 17.9 Å². The third-order valence-electron chi connectivity index (χ3n) is 1.65. The van der Waals surface area contributed by atoms with Crippen molar-refractivity contribution in [3.63, 3.8) is 0 Å². The van der Waals surface area contributed by atoms with E-state index >= 15 is 0 Å². The molecule has 0 radical (unpaired) electrons.